The molecule has 7 heteroatoms. The molecule has 0 spiro atoms. The second-order valence-electron chi connectivity index (χ2n) is 5.23. The van der Waals surface area contributed by atoms with Crippen LogP contribution in [0.3, 0.4) is 0 Å². The van der Waals surface area contributed by atoms with Gasteiger partial charge in [0.05, 0.1) is 6.54 Å². The number of rotatable bonds is 5. The number of amides is 1. The number of thiophene rings is 1. The molecule has 0 saturated carbocycles. The van der Waals surface area contributed by atoms with Crippen molar-refractivity contribution in [2.75, 3.05) is 7.05 Å². The molecular formula is C17H18ClN3O2S. The van der Waals surface area contributed by atoms with Gasteiger partial charge in [0.1, 0.15) is 11.7 Å². The van der Waals surface area contributed by atoms with E-state index in [1.165, 1.54) is 11.3 Å². The van der Waals surface area contributed by atoms with Gasteiger partial charge in [0.25, 0.3) is 0 Å². The van der Waals surface area contributed by atoms with Crippen LogP contribution in [0.1, 0.15) is 16.7 Å². The van der Waals surface area contributed by atoms with Gasteiger partial charge in [-0.2, -0.15) is 0 Å². The van der Waals surface area contributed by atoms with E-state index in [0.29, 0.717) is 12.3 Å². The first-order valence-electron chi connectivity index (χ1n) is 7.20. The minimum atomic E-state index is -0.642. The third-order valence-electron chi connectivity index (χ3n) is 3.51. The third kappa shape index (κ3) is 4.03. The summed E-state index contributed by atoms with van der Waals surface area (Å²) in [5.74, 6) is 0.475. The van der Waals surface area contributed by atoms with Gasteiger partial charge in [0.15, 0.2) is 5.76 Å². The molecule has 0 aliphatic heterocycles. The Hall–Kier alpha value is -2.15. The van der Waals surface area contributed by atoms with Crippen LogP contribution in [0.5, 0.6) is 0 Å². The van der Waals surface area contributed by atoms with Crippen LogP contribution in [0, 0.1) is 0 Å². The van der Waals surface area contributed by atoms with Crippen LogP contribution in [0.15, 0.2) is 58.4 Å². The lowest BCUT2D eigenvalue weighted by Gasteiger charge is -2.19. The number of aromatic nitrogens is 1. The van der Waals surface area contributed by atoms with E-state index in [-0.39, 0.29) is 18.3 Å². The Kier molecular flexibility index (Phi) is 6.14. The summed E-state index contributed by atoms with van der Waals surface area (Å²) in [5, 5.41) is 5.96. The number of nitrogens with zero attached hydrogens (tertiary/aromatic N) is 2. The lowest BCUT2D eigenvalue weighted by atomic mass is 10.1. The van der Waals surface area contributed by atoms with E-state index in [9.17, 15) is 4.79 Å². The second-order valence-corrected chi connectivity index (χ2v) is 6.21. The van der Waals surface area contributed by atoms with Gasteiger partial charge >= 0.3 is 0 Å². The quantitative estimate of drug-likeness (QED) is 0.753. The molecule has 1 amide bonds. The van der Waals surface area contributed by atoms with Crippen molar-refractivity contribution in [2.24, 2.45) is 5.73 Å². The van der Waals surface area contributed by atoms with Crippen LogP contribution >= 0.6 is 23.7 Å². The molecule has 2 N–H and O–H groups in total. The molecule has 3 aromatic rings. The van der Waals surface area contributed by atoms with Crippen LogP contribution in [-0.4, -0.2) is 23.0 Å². The summed E-state index contributed by atoms with van der Waals surface area (Å²) in [6.07, 6.45) is 0. The standard InChI is InChI=1S/C17H17N3O2S.ClH/c1-20(17(21)16(18)15-8-5-9-23-15)11-13-10-14(19-22-13)12-6-3-2-4-7-12;/h2-10,16H,11,18H2,1H3;1H/t16-;/m0./s1. The lowest BCUT2D eigenvalue weighted by Crippen LogP contribution is -2.34. The van der Waals surface area contributed by atoms with E-state index >= 15 is 0 Å². The molecule has 0 radical (unpaired) electrons. The largest absolute Gasteiger partial charge is 0.359 e. The van der Waals surface area contributed by atoms with Gasteiger partial charge < -0.3 is 15.2 Å². The lowest BCUT2D eigenvalue weighted by molar-refractivity contribution is -0.132. The summed E-state index contributed by atoms with van der Waals surface area (Å²) >= 11 is 1.48. The third-order valence-corrected chi connectivity index (χ3v) is 4.47. The van der Waals surface area contributed by atoms with Gasteiger partial charge in [-0.25, -0.2) is 0 Å². The number of hydrogen-bond acceptors (Lipinski definition) is 5. The number of carbonyl (C=O) groups is 1. The van der Waals surface area contributed by atoms with Gasteiger partial charge in [0.2, 0.25) is 5.91 Å². The molecule has 0 aliphatic carbocycles. The average Bonchev–Trinajstić information content (AvgIpc) is 3.26. The number of hydrogen-bond donors (Lipinski definition) is 1. The Morgan fingerprint density at radius 2 is 2.04 bits per heavy atom. The van der Waals surface area contributed by atoms with Crippen molar-refractivity contribution in [1.82, 2.24) is 10.1 Å². The smallest absolute Gasteiger partial charge is 0.245 e. The normalized spacial score (nSPS) is 11.6. The number of nitrogens with two attached hydrogens (primary N) is 1. The van der Waals surface area contributed by atoms with E-state index in [1.54, 1.807) is 11.9 Å². The number of carbonyl (C=O) groups excluding carboxylic acids is 1. The molecule has 1 aromatic carbocycles. The van der Waals surface area contributed by atoms with Crippen molar-refractivity contribution < 1.29 is 9.32 Å². The zero-order chi connectivity index (χ0) is 16.2. The molecule has 0 saturated heterocycles. The van der Waals surface area contributed by atoms with E-state index in [2.05, 4.69) is 5.16 Å². The molecule has 0 fully saturated rings. The molecule has 126 valence electrons. The number of benzene rings is 1. The maximum absolute atomic E-state index is 12.4. The van der Waals surface area contributed by atoms with Gasteiger partial charge in [-0.05, 0) is 11.4 Å². The Bertz CT molecular complexity index is 774. The van der Waals surface area contributed by atoms with Crippen molar-refractivity contribution in [3.63, 3.8) is 0 Å². The summed E-state index contributed by atoms with van der Waals surface area (Å²) < 4.78 is 5.33. The van der Waals surface area contributed by atoms with Gasteiger partial charge in [-0.1, -0.05) is 41.6 Å². The average molecular weight is 364 g/mol. The van der Waals surface area contributed by atoms with Crippen molar-refractivity contribution in [1.29, 1.82) is 0 Å². The minimum Gasteiger partial charge on any atom is -0.359 e. The zero-order valence-electron chi connectivity index (χ0n) is 13.1. The molecule has 1 atom stereocenters. The highest BCUT2D eigenvalue weighted by atomic mass is 35.5. The molecule has 0 unspecified atom stereocenters. The molecule has 24 heavy (non-hydrogen) atoms. The molecule has 2 heterocycles. The minimum absolute atomic E-state index is 0. The van der Waals surface area contributed by atoms with E-state index in [0.717, 1.165) is 16.1 Å². The fourth-order valence-electron chi connectivity index (χ4n) is 2.27. The highest BCUT2D eigenvalue weighted by Gasteiger charge is 2.22. The maximum Gasteiger partial charge on any atom is 0.245 e. The molecule has 0 aliphatic rings. The predicted molar refractivity (Wildman–Crippen MR) is 96.9 cm³/mol. The maximum atomic E-state index is 12.4. The topological polar surface area (TPSA) is 72.4 Å². The molecule has 5 nitrogen and oxygen atoms in total. The summed E-state index contributed by atoms with van der Waals surface area (Å²) in [6.45, 7) is 0.331. The van der Waals surface area contributed by atoms with Crippen molar-refractivity contribution in [3.05, 3.63) is 64.5 Å². The van der Waals surface area contributed by atoms with E-state index < -0.39 is 6.04 Å². The first-order chi connectivity index (χ1) is 11.1. The van der Waals surface area contributed by atoms with E-state index in [4.69, 9.17) is 10.3 Å². The Morgan fingerprint density at radius 3 is 2.71 bits per heavy atom. The predicted octanol–water partition coefficient (Wildman–Crippen LogP) is 3.48. The van der Waals surface area contributed by atoms with Crippen LogP contribution in [0.25, 0.3) is 11.3 Å². The first-order valence-corrected chi connectivity index (χ1v) is 8.08. The Balaban J connectivity index is 0.00000208. The highest BCUT2D eigenvalue weighted by Crippen LogP contribution is 2.21. The van der Waals surface area contributed by atoms with Crippen molar-refractivity contribution in [3.8, 4) is 11.3 Å². The molecular weight excluding hydrogens is 346 g/mol. The van der Waals surface area contributed by atoms with Crippen LogP contribution in [0.4, 0.5) is 0 Å². The Labute approximate surface area is 150 Å². The van der Waals surface area contributed by atoms with Gasteiger partial charge in [-0.3, -0.25) is 4.79 Å². The van der Waals surface area contributed by atoms with Gasteiger partial charge in [0, 0.05) is 23.6 Å². The summed E-state index contributed by atoms with van der Waals surface area (Å²) in [4.78, 5) is 14.8. The SMILES string of the molecule is CN(Cc1cc(-c2ccccc2)no1)C(=O)[C@@H](N)c1cccs1.Cl. The second kappa shape index (κ2) is 8.10. The zero-order valence-corrected chi connectivity index (χ0v) is 14.7. The van der Waals surface area contributed by atoms with Crippen LogP contribution < -0.4 is 5.73 Å². The fourth-order valence-corrected chi connectivity index (χ4v) is 2.99. The summed E-state index contributed by atoms with van der Waals surface area (Å²) in [6, 6.07) is 14.7. The van der Waals surface area contributed by atoms with E-state index in [1.807, 2.05) is 53.9 Å². The molecule has 2 aromatic heterocycles. The van der Waals surface area contributed by atoms with Crippen molar-refractivity contribution >= 4 is 29.7 Å². The first kappa shape index (κ1) is 18.2. The van der Waals surface area contributed by atoms with Crippen molar-refractivity contribution in [2.45, 2.75) is 12.6 Å². The summed E-state index contributed by atoms with van der Waals surface area (Å²) in [7, 11) is 1.71. The highest BCUT2D eigenvalue weighted by molar-refractivity contribution is 7.10. The fraction of sp³-hybridized carbons (Fsp3) is 0.176. The summed E-state index contributed by atoms with van der Waals surface area (Å²) in [5.41, 5.74) is 7.74. The van der Waals surface area contributed by atoms with Gasteiger partial charge in [-0.15, -0.1) is 23.7 Å². The molecule has 3 rings (SSSR count). The van der Waals surface area contributed by atoms with Crippen LogP contribution in [0.2, 0.25) is 0 Å². The molecule has 0 bridgehead atoms. The number of likely N-dealkylation sites (N-methyl/N-ethyl adjacent to an activating group) is 1. The monoisotopic (exact) mass is 363 g/mol. The Morgan fingerprint density at radius 1 is 1.29 bits per heavy atom. The number of halogens is 1. The van der Waals surface area contributed by atoms with Crippen LogP contribution in [-0.2, 0) is 11.3 Å².